The van der Waals surface area contributed by atoms with E-state index >= 15 is 0 Å². The number of hydrogen-bond donors (Lipinski definition) is 0. The van der Waals surface area contributed by atoms with Gasteiger partial charge in [0.1, 0.15) is 0 Å². The third-order valence-corrected chi connectivity index (χ3v) is 4.15. The Morgan fingerprint density at radius 1 is 1.42 bits per heavy atom. The van der Waals surface area contributed by atoms with Crippen molar-refractivity contribution in [2.24, 2.45) is 0 Å². The van der Waals surface area contributed by atoms with Gasteiger partial charge in [-0.15, -0.1) is 0 Å². The first-order valence-corrected chi connectivity index (χ1v) is 7.39. The van der Waals surface area contributed by atoms with Crippen LogP contribution in [-0.4, -0.2) is 38.6 Å². The van der Waals surface area contributed by atoms with Gasteiger partial charge in [0.25, 0.3) is 0 Å². The van der Waals surface area contributed by atoms with Crippen LogP contribution in [0.25, 0.3) is 5.65 Å². The molecule has 1 saturated heterocycles. The van der Waals surface area contributed by atoms with Gasteiger partial charge in [-0.25, -0.2) is 9.50 Å². The van der Waals surface area contributed by atoms with Crippen LogP contribution in [0, 0.1) is 0 Å². The number of likely N-dealkylation sites (N-methyl/N-ethyl adjacent to an activating group) is 1. The molecule has 0 saturated carbocycles. The Balaban J connectivity index is 1.80. The number of piperidine rings is 1. The molecular formula is C14H19ClN4. The number of halogens is 1. The van der Waals surface area contributed by atoms with Crippen LogP contribution >= 0.6 is 11.6 Å². The average Bonchev–Trinajstić information content (AvgIpc) is 2.80. The number of hydrogen-bond acceptors (Lipinski definition) is 3. The average molecular weight is 279 g/mol. The fraction of sp³-hybridized carbons (Fsp3) is 0.571. The molecule has 0 bridgehead atoms. The Hall–Kier alpha value is -1.13. The maximum atomic E-state index is 5.98. The molecule has 1 aliphatic heterocycles. The number of rotatable bonds is 3. The number of pyridine rings is 1. The summed E-state index contributed by atoms with van der Waals surface area (Å²) in [6.45, 7) is 4.55. The van der Waals surface area contributed by atoms with Gasteiger partial charge in [-0.1, -0.05) is 24.9 Å². The number of nitrogens with zero attached hydrogens (tertiary/aromatic N) is 4. The van der Waals surface area contributed by atoms with Crippen LogP contribution < -0.4 is 0 Å². The van der Waals surface area contributed by atoms with Gasteiger partial charge in [-0.05, 0) is 32.0 Å². The van der Waals surface area contributed by atoms with Crippen molar-refractivity contribution in [3.8, 4) is 0 Å². The van der Waals surface area contributed by atoms with E-state index in [1.807, 2.05) is 18.3 Å². The molecule has 0 amide bonds. The fourth-order valence-corrected chi connectivity index (χ4v) is 3.06. The Bertz CT molecular complexity index is 566. The van der Waals surface area contributed by atoms with Crippen LogP contribution in [-0.2, 0) is 6.42 Å². The topological polar surface area (TPSA) is 33.4 Å². The molecule has 1 fully saturated rings. The highest BCUT2D eigenvalue weighted by atomic mass is 35.5. The van der Waals surface area contributed by atoms with Gasteiger partial charge < -0.3 is 4.90 Å². The molecule has 0 aromatic carbocycles. The lowest BCUT2D eigenvalue weighted by Crippen LogP contribution is -2.40. The zero-order valence-electron chi connectivity index (χ0n) is 11.2. The lowest BCUT2D eigenvalue weighted by molar-refractivity contribution is 0.154. The molecule has 2 aromatic rings. The highest BCUT2D eigenvalue weighted by Gasteiger charge is 2.22. The zero-order valence-corrected chi connectivity index (χ0v) is 12.0. The van der Waals surface area contributed by atoms with E-state index in [9.17, 15) is 0 Å². The molecule has 1 unspecified atom stereocenters. The van der Waals surface area contributed by atoms with E-state index in [-0.39, 0.29) is 0 Å². The largest absolute Gasteiger partial charge is 0.300 e. The van der Waals surface area contributed by atoms with Crippen molar-refractivity contribution in [2.45, 2.75) is 38.6 Å². The van der Waals surface area contributed by atoms with Crippen molar-refractivity contribution in [2.75, 3.05) is 13.1 Å². The van der Waals surface area contributed by atoms with Crippen LogP contribution in [0.15, 0.2) is 18.3 Å². The standard InChI is InChI=1S/C14H19ClN4/c1-2-18-7-4-3-5-12(18)10-13-16-14-9-11(15)6-8-19(14)17-13/h6,8-9,12H,2-5,7,10H2,1H3. The summed E-state index contributed by atoms with van der Waals surface area (Å²) < 4.78 is 1.81. The summed E-state index contributed by atoms with van der Waals surface area (Å²) in [7, 11) is 0. The molecular weight excluding hydrogens is 260 g/mol. The lowest BCUT2D eigenvalue weighted by Gasteiger charge is -2.34. The fourth-order valence-electron chi connectivity index (χ4n) is 2.91. The third-order valence-electron chi connectivity index (χ3n) is 3.92. The van der Waals surface area contributed by atoms with Gasteiger partial charge in [-0.3, -0.25) is 0 Å². The summed E-state index contributed by atoms with van der Waals surface area (Å²) in [4.78, 5) is 7.12. The summed E-state index contributed by atoms with van der Waals surface area (Å²) in [5.74, 6) is 0.924. The van der Waals surface area contributed by atoms with Crippen LogP contribution in [0.2, 0.25) is 5.02 Å². The summed E-state index contributed by atoms with van der Waals surface area (Å²) in [5, 5.41) is 5.24. The summed E-state index contributed by atoms with van der Waals surface area (Å²) in [5.41, 5.74) is 0.835. The Labute approximate surface area is 118 Å². The first kappa shape index (κ1) is 12.9. The molecule has 1 aliphatic rings. The third kappa shape index (κ3) is 2.74. The van der Waals surface area contributed by atoms with E-state index in [1.165, 1.54) is 25.8 Å². The van der Waals surface area contributed by atoms with E-state index in [1.54, 1.807) is 4.52 Å². The normalized spacial score (nSPS) is 21.1. The monoisotopic (exact) mass is 278 g/mol. The Morgan fingerprint density at radius 3 is 3.16 bits per heavy atom. The summed E-state index contributed by atoms with van der Waals surface area (Å²) in [6.07, 6.45) is 6.70. The number of fused-ring (bicyclic) bond motifs is 1. The molecule has 0 aliphatic carbocycles. The van der Waals surface area contributed by atoms with E-state index in [4.69, 9.17) is 11.6 Å². The Kier molecular flexibility index (Phi) is 3.71. The van der Waals surface area contributed by atoms with Crippen molar-refractivity contribution in [3.63, 3.8) is 0 Å². The minimum absolute atomic E-state index is 0.589. The minimum Gasteiger partial charge on any atom is -0.300 e. The highest BCUT2D eigenvalue weighted by Crippen LogP contribution is 2.20. The quantitative estimate of drug-likeness (QED) is 0.866. The molecule has 3 heterocycles. The maximum Gasteiger partial charge on any atom is 0.157 e. The molecule has 19 heavy (non-hydrogen) atoms. The predicted molar refractivity (Wildman–Crippen MR) is 76.6 cm³/mol. The zero-order chi connectivity index (χ0) is 13.2. The van der Waals surface area contributed by atoms with Gasteiger partial charge in [-0.2, -0.15) is 5.10 Å². The minimum atomic E-state index is 0.589. The first-order chi connectivity index (χ1) is 9.26. The SMILES string of the molecule is CCN1CCCCC1Cc1nc2cc(Cl)ccn2n1. The second-order valence-electron chi connectivity index (χ2n) is 5.16. The van der Waals surface area contributed by atoms with Gasteiger partial charge in [0.2, 0.25) is 0 Å². The smallest absolute Gasteiger partial charge is 0.157 e. The highest BCUT2D eigenvalue weighted by molar-refractivity contribution is 6.30. The number of aromatic nitrogens is 3. The van der Waals surface area contributed by atoms with Crippen LogP contribution in [0.4, 0.5) is 0 Å². The van der Waals surface area contributed by atoms with E-state index in [0.29, 0.717) is 11.1 Å². The molecule has 2 aromatic heterocycles. The van der Waals surface area contributed by atoms with E-state index in [0.717, 1.165) is 24.4 Å². The van der Waals surface area contributed by atoms with E-state index < -0.39 is 0 Å². The maximum absolute atomic E-state index is 5.98. The van der Waals surface area contributed by atoms with Crippen molar-refractivity contribution < 1.29 is 0 Å². The van der Waals surface area contributed by atoms with Gasteiger partial charge in [0.15, 0.2) is 11.5 Å². The van der Waals surface area contributed by atoms with E-state index in [2.05, 4.69) is 21.9 Å². The van der Waals surface area contributed by atoms with Gasteiger partial charge in [0, 0.05) is 29.7 Å². The molecule has 0 N–H and O–H groups in total. The second kappa shape index (κ2) is 5.47. The molecule has 3 rings (SSSR count). The van der Waals surface area contributed by atoms with Crippen LogP contribution in [0.5, 0.6) is 0 Å². The molecule has 1 atom stereocenters. The Morgan fingerprint density at radius 2 is 2.32 bits per heavy atom. The summed E-state index contributed by atoms with van der Waals surface area (Å²) >= 11 is 5.98. The van der Waals surface area contributed by atoms with Crippen molar-refractivity contribution in [1.82, 2.24) is 19.5 Å². The van der Waals surface area contributed by atoms with Crippen molar-refractivity contribution >= 4 is 17.2 Å². The van der Waals surface area contributed by atoms with Crippen LogP contribution in [0.3, 0.4) is 0 Å². The molecule has 102 valence electrons. The van der Waals surface area contributed by atoms with Gasteiger partial charge in [0.05, 0.1) is 0 Å². The first-order valence-electron chi connectivity index (χ1n) is 7.01. The molecule has 0 spiro atoms. The number of likely N-dealkylation sites (tertiary alicyclic amines) is 1. The van der Waals surface area contributed by atoms with Crippen molar-refractivity contribution in [3.05, 3.63) is 29.2 Å². The summed E-state index contributed by atoms with van der Waals surface area (Å²) in [6, 6.07) is 4.29. The predicted octanol–water partition coefficient (Wildman–Crippen LogP) is 2.80. The lowest BCUT2D eigenvalue weighted by atomic mass is 9.99. The molecule has 5 heteroatoms. The second-order valence-corrected chi connectivity index (χ2v) is 5.59. The van der Waals surface area contributed by atoms with Crippen LogP contribution in [0.1, 0.15) is 32.0 Å². The molecule has 4 nitrogen and oxygen atoms in total. The van der Waals surface area contributed by atoms with Gasteiger partial charge >= 0.3 is 0 Å². The molecule has 0 radical (unpaired) electrons. The van der Waals surface area contributed by atoms with Crippen molar-refractivity contribution in [1.29, 1.82) is 0 Å².